The van der Waals surface area contributed by atoms with Crippen molar-refractivity contribution < 1.29 is 17.9 Å². The lowest BCUT2D eigenvalue weighted by Crippen LogP contribution is -2.27. The topological polar surface area (TPSA) is 84.5 Å². The van der Waals surface area contributed by atoms with Crippen molar-refractivity contribution in [3.05, 3.63) is 88.4 Å². The Morgan fingerprint density at radius 2 is 1.75 bits per heavy atom. The largest absolute Gasteiger partial charge is 0.482 e. The number of carbonyl (C=O) groups is 1. The van der Waals surface area contributed by atoms with Gasteiger partial charge in [-0.1, -0.05) is 54.1 Å². The molecule has 0 aromatic heterocycles. The molecule has 1 atom stereocenters. The van der Waals surface area contributed by atoms with Gasteiger partial charge in [-0.3, -0.25) is 4.79 Å². The molecule has 0 fully saturated rings. The lowest BCUT2D eigenvalue weighted by molar-refractivity contribution is -0.118. The van der Waals surface area contributed by atoms with E-state index in [1.165, 1.54) is 18.2 Å². The highest BCUT2D eigenvalue weighted by Crippen LogP contribution is 2.28. The molecule has 0 spiro atoms. The summed E-state index contributed by atoms with van der Waals surface area (Å²) in [5.41, 5.74) is 3.53. The van der Waals surface area contributed by atoms with Crippen LogP contribution >= 0.6 is 11.6 Å². The molecule has 0 aliphatic carbocycles. The maximum absolute atomic E-state index is 12.7. The quantitative estimate of drug-likeness (QED) is 0.482. The van der Waals surface area contributed by atoms with E-state index in [0.29, 0.717) is 5.69 Å². The summed E-state index contributed by atoms with van der Waals surface area (Å²) in [5, 5.41) is 2.90. The predicted octanol–water partition coefficient (Wildman–Crippen LogP) is 5.01. The van der Waals surface area contributed by atoms with Crippen LogP contribution in [0.4, 0.5) is 5.69 Å². The fourth-order valence-corrected chi connectivity index (χ4v) is 4.63. The molecular formula is C24H25ClN2O4S. The number of hydrogen-bond acceptors (Lipinski definition) is 4. The zero-order valence-electron chi connectivity index (χ0n) is 18.1. The van der Waals surface area contributed by atoms with Gasteiger partial charge in [0.15, 0.2) is 6.61 Å². The number of carbonyl (C=O) groups excluding carboxylic acids is 1. The van der Waals surface area contributed by atoms with E-state index in [9.17, 15) is 13.2 Å². The van der Waals surface area contributed by atoms with Gasteiger partial charge in [-0.2, -0.15) is 0 Å². The minimum absolute atomic E-state index is 0.0115. The molecule has 0 saturated heterocycles. The molecule has 168 valence electrons. The van der Waals surface area contributed by atoms with Crippen molar-refractivity contribution in [2.45, 2.75) is 31.7 Å². The molecule has 6 nitrogen and oxygen atoms in total. The number of aryl methyl sites for hydroxylation is 2. The van der Waals surface area contributed by atoms with Crippen molar-refractivity contribution >= 4 is 33.2 Å². The summed E-state index contributed by atoms with van der Waals surface area (Å²) >= 11 is 6.23. The van der Waals surface area contributed by atoms with Crippen molar-refractivity contribution in [3.63, 3.8) is 0 Å². The van der Waals surface area contributed by atoms with E-state index in [0.717, 1.165) is 16.7 Å². The van der Waals surface area contributed by atoms with Crippen molar-refractivity contribution in [1.82, 2.24) is 4.72 Å². The SMILES string of the molecule is Cc1ccc(C)c(NC(=O)COc2ccc(S(=O)(=O)N[C@H](C)c3ccccc3)cc2Cl)c1. The van der Waals surface area contributed by atoms with Gasteiger partial charge in [0.1, 0.15) is 5.75 Å². The summed E-state index contributed by atoms with van der Waals surface area (Å²) in [7, 11) is -3.80. The number of amides is 1. The predicted molar refractivity (Wildman–Crippen MR) is 127 cm³/mol. The van der Waals surface area contributed by atoms with Crippen LogP contribution < -0.4 is 14.8 Å². The molecule has 2 N–H and O–H groups in total. The molecule has 0 heterocycles. The second-order valence-corrected chi connectivity index (χ2v) is 9.62. The third-order valence-electron chi connectivity index (χ3n) is 4.87. The average molecular weight is 473 g/mol. The summed E-state index contributed by atoms with van der Waals surface area (Å²) in [6.45, 7) is 5.35. The second kappa shape index (κ2) is 10.2. The first-order chi connectivity index (χ1) is 15.2. The number of sulfonamides is 1. The third-order valence-corrected chi connectivity index (χ3v) is 6.70. The van der Waals surface area contributed by atoms with Crippen LogP contribution in [0, 0.1) is 13.8 Å². The van der Waals surface area contributed by atoms with Crippen LogP contribution in [0.3, 0.4) is 0 Å². The Morgan fingerprint density at radius 3 is 2.44 bits per heavy atom. The number of nitrogens with one attached hydrogen (secondary N) is 2. The normalized spacial score (nSPS) is 12.2. The van der Waals surface area contributed by atoms with Crippen molar-refractivity contribution in [1.29, 1.82) is 0 Å². The van der Waals surface area contributed by atoms with Gasteiger partial charge < -0.3 is 10.1 Å². The Hall–Kier alpha value is -2.87. The van der Waals surface area contributed by atoms with Gasteiger partial charge in [0, 0.05) is 11.7 Å². The summed E-state index contributed by atoms with van der Waals surface area (Å²) in [4.78, 5) is 12.3. The Bertz CT molecular complexity index is 1210. The monoisotopic (exact) mass is 472 g/mol. The Kier molecular flexibility index (Phi) is 7.56. The molecule has 0 saturated carbocycles. The molecule has 3 aromatic rings. The average Bonchev–Trinajstić information content (AvgIpc) is 2.75. The molecule has 3 aromatic carbocycles. The van der Waals surface area contributed by atoms with Crippen LogP contribution in [0.2, 0.25) is 5.02 Å². The van der Waals surface area contributed by atoms with Crippen molar-refractivity contribution in [2.75, 3.05) is 11.9 Å². The van der Waals surface area contributed by atoms with Crippen LogP contribution in [0.25, 0.3) is 0 Å². The Balaban J connectivity index is 1.64. The smallest absolute Gasteiger partial charge is 0.262 e. The van der Waals surface area contributed by atoms with Gasteiger partial charge in [0.05, 0.1) is 9.92 Å². The minimum atomic E-state index is -3.80. The molecule has 0 aliphatic rings. The van der Waals surface area contributed by atoms with E-state index in [4.69, 9.17) is 16.3 Å². The van der Waals surface area contributed by atoms with E-state index in [2.05, 4.69) is 10.0 Å². The fourth-order valence-electron chi connectivity index (χ4n) is 3.08. The lowest BCUT2D eigenvalue weighted by Gasteiger charge is -2.15. The van der Waals surface area contributed by atoms with Gasteiger partial charge in [0.25, 0.3) is 5.91 Å². The molecule has 0 unspecified atom stereocenters. The molecule has 8 heteroatoms. The van der Waals surface area contributed by atoms with E-state index >= 15 is 0 Å². The highest BCUT2D eigenvalue weighted by atomic mass is 35.5. The van der Waals surface area contributed by atoms with Crippen LogP contribution in [0.1, 0.15) is 29.7 Å². The van der Waals surface area contributed by atoms with E-state index in [1.807, 2.05) is 62.4 Å². The van der Waals surface area contributed by atoms with Crippen molar-refractivity contribution in [2.24, 2.45) is 0 Å². The first-order valence-corrected chi connectivity index (χ1v) is 11.9. The number of benzene rings is 3. The van der Waals surface area contributed by atoms with Gasteiger partial charge in [-0.15, -0.1) is 0 Å². The summed E-state index contributed by atoms with van der Waals surface area (Å²) in [6.07, 6.45) is 0. The Morgan fingerprint density at radius 1 is 1.03 bits per heavy atom. The molecular weight excluding hydrogens is 448 g/mol. The molecule has 0 bridgehead atoms. The zero-order chi connectivity index (χ0) is 23.3. The Labute approximate surface area is 193 Å². The van der Waals surface area contributed by atoms with Gasteiger partial charge in [-0.05, 0) is 61.7 Å². The number of rotatable bonds is 8. The van der Waals surface area contributed by atoms with E-state index < -0.39 is 16.1 Å². The summed E-state index contributed by atoms with van der Waals surface area (Å²) in [6, 6.07) is 18.7. The first-order valence-electron chi connectivity index (χ1n) is 10.0. The number of ether oxygens (including phenoxy) is 1. The third kappa shape index (κ3) is 6.09. The summed E-state index contributed by atoms with van der Waals surface area (Å²) in [5.74, 6) is -0.123. The van der Waals surface area contributed by atoms with Crippen LogP contribution in [-0.2, 0) is 14.8 Å². The number of halogens is 1. The highest BCUT2D eigenvalue weighted by Gasteiger charge is 2.20. The van der Waals surface area contributed by atoms with Gasteiger partial charge in [0.2, 0.25) is 10.0 Å². The maximum atomic E-state index is 12.7. The molecule has 32 heavy (non-hydrogen) atoms. The molecule has 0 radical (unpaired) electrons. The van der Waals surface area contributed by atoms with Gasteiger partial charge in [-0.25, -0.2) is 13.1 Å². The minimum Gasteiger partial charge on any atom is -0.482 e. The molecule has 1 amide bonds. The van der Waals surface area contributed by atoms with Crippen LogP contribution in [-0.4, -0.2) is 20.9 Å². The molecule has 3 rings (SSSR count). The van der Waals surface area contributed by atoms with Crippen LogP contribution in [0.15, 0.2) is 71.6 Å². The first kappa shape index (κ1) is 23.8. The standard InChI is InChI=1S/C24H25ClN2O4S/c1-16-9-10-17(2)22(13-16)26-24(28)15-31-23-12-11-20(14-21(23)25)32(29,30)27-18(3)19-7-5-4-6-8-19/h4-14,18,27H,15H2,1-3H3,(H,26,28)/t18-/m1/s1. The number of hydrogen-bond donors (Lipinski definition) is 2. The maximum Gasteiger partial charge on any atom is 0.262 e. The zero-order valence-corrected chi connectivity index (χ0v) is 19.6. The van der Waals surface area contributed by atoms with E-state index in [1.54, 1.807) is 6.92 Å². The number of anilines is 1. The van der Waals surface area contributed by atoms with Crippen molar-refractivity contribution in [3.8, 4) is 5.75 Å². The molecule has 0 aliphatic heterocycles. The van der Waals surface area contributed by atoms with Crippen LogP contribution in [0.5, 0.6) is 5.75 Å². The second-order valence-electron chi connectivity index (χ2n) is 7.50. The summed E-state index contributed by atoms with van der Waals surface area (Å²) < 4.78 is 33.6. The van der Waals surface area contributed by atoms with E-state index in [-0.39, 0.29) is 28.2 Å². The highest BCUT2D eigenvalue weighted by molar-refractivity contribution is 7.89. The lowest BCUT2D eigenvalue weighted by atomic mass is 10.1. The fraction of sp³-hybridized carbons (Fsp3) is 0.208. The van der Waals surface area contributed by atoms with Gasteiger partial charge >= 0.3 is 0 Å².